The Bertz CT molecular complexity index is 1500. The van der Waals surface area contributed by atoms with E-state index in [2.05, 4.69) is 15.3 Å². The van der Waals surface area contributed by atoms with Gasteiger partial charge in [0.1, 0.15) is 5.52 Å². The minimum atomic E-state index is -0.0240. The lowest BCUT2D eigenvalue weighted by molar-refractivity contribution is 0.536. The number of pyridine rings is 3. The van der Waals surface area contributed by atoms with Crippen LogP contribution in [-0.4, -0.2) is 37.2 Å². The van der Waals surface area contributed by atoms with Crippen molar-refractivity contribution in [3.63, 3.8) is 0 Å². The number of fused-ring (bicyclic) bond motifs is 3. The van der Waals surface area contributed by atoms with Gasteiger partial charge in [-0.15, -0.1) is 0 Å². The van der Waals surface area contributed by atoms with Crippen molar-refractivity contribution in [1.29, 1.82) is 0 Å². The maximum absolute atomic E-state index is 13.1. The molecule has 5 aromatic rings. The van der Waals surface area contributed by atoms with Crippen LogP contribution in [0.3, 0.4) is 0 Å². The molecule has 32 heavy (non-hydrogen) atoms. The van der Waals surface area contributed by atoms with Crippen LogP contribution in [-0.2, 0) is 7.05 Å². The summed E-state index contributed by atoms with van der Waals surface area (Å²) in [6.07, 6.45) is 4.55. The number of nitrogens with one attached hydrogen (secondary N) is 1. The lowest BCUT2D eigenvalue weighted by Gasteiger charge is -2.12. The monoisotopic (exact) mass is 422 g/mol. The third-order valence-corrected chi connectivity index (χ3v) is 6.29. The van der Waals surface area contributed by atoms with Crippen LogP contribution in [0.1, 0.15) is 12.5 Å². The van der Waals surface area contributed by atoms with Gasteiger partial charge in [-0.1, -0.05) is 30.3 Å². The quantitative estimate of drug-likeness (QED) is 0.481. The third kappa shape index (κ3) is 2.93. The summed E-state index contributed by atoms with van der Waals surface area (Å²) in [5.41, 5.74) is 6.90. The van der Waals surface area contributed by atoms with Crippen LogP contribution in [0.15, 0.2) is 71.8 Å². The first kappa shape index (κ1) is 18.9. The van der Waals surface area contributed by atoms with Crippen molar-refractivity contribution < 1.29 is 0 Å². The molecule has 0 bridgehead atoms. The number of hydrogen-bond donors (Lipinski definition) is 1. The first-order valence-electron chi connectivity index (χ1n) is 10.8. The standard InChI is InChI=1S/C25H22N6O/c1-30-22-15-28-21-10-9-20(17-7-8-19(27-13-17)16-5-3-2-4-6-16)29-23(21)24(22)31(25(30)32)18-11-12-26-14-18/h2-10,13,15,18,26H,11-12,14H2,1H3/t18-/m0/s1. The summed E-state index contributed by atoms with van der Waals surface area (Å²) in [7, 11) is 1.80. The van der Waals surface area contributed by atoms with Gasteiger partial charge >= 0.3 is 5.69 Å². The highest BCUT2D eigenvalue weighted by Crippen LogP contribution is 2.28. The topological polar surface area (TPSA) is 77.6 Å². The molecule has 1 aliphatic rings. The second-order valence-electron chi connectivity index (χ2n) is 8.21. The van der Waals surface area contributed by atoms with Crippen molar-refractivity contribution in [3.05, 3.63) is 77.5 Å². The maximum Gasteiger partial charge on any atom is 0.329 e. The van der Waals surface area contributed by atoms with Gasteiger partial charge in [-0.25, -0.2) is 9.78 Å². The molecule has 1 atom stereocenters. The van der Waals surface area contributed by atoms with Crippen molar-refractivity contribution >= 4 is 22.1 Å². The Kier molecular flexibility index (Phi) is 4.36. The molecule has 0 unspecified atom stereocenters. The molecule has 0 amide bonds. The fourth-order valence-corrected chi connectivity index (χ4v) is 4.57. The fourth-order valence-electron chi connectivity index (χ4n) is 4.57. The molecule has 0 saturated carbocycles. The van der Waals surface area contributed by atoms with E-state index in [0.29, 0.717) is 0 Å². The first-order chi connectivity index (χ1) is 15.7. The van der Waals surface area contributed by atoms with Crippen LogP contribution in [0.4, 0.5) is 0 Å². The number of benzene rings is 1. The third-order valence-electron chi connectivity index (χ3n) is 6.29. The molecule has 0 radical (unpaired) electrons. The fraction of sp³-hybridized carbons (Fsp3) is 0.200. The average Bonchev–Trinajstić information content (AvgIpc) is 3.46. The second kappa shape index (κ2) is 7.39. The molecule has 7 nitrogen and oxygen atoms in total. The number of hydrogen-bond acceptors (Lipinski definition) is 5. The zero-order chi connectivity index (χ0) is 21.7. The Morgan fingerprint density at radius 3 is 2.53 bits per heavy atom. The highest BCUT2D eigenvalue weighted by molar-refractivity contribution is 6.00. The summed E-state index contributed by atoms with van der Waals surface area (Å²) >= 11 is 0. The van der Waals surface area contributed by atoms with Crippen LogP contribution in [0.2, 0.25) is 0 Å². The second-order valence-corrected chi connectivity index (χ2v) is 8.21. The van der Waals surface area contributed by atoms with Gasteiger partial charge in [0, 0.05) is 30.9 Å². The molecule has 5 heterocycles. The molecular weight excluding hydrogens is 400 g/mol. The van der Waals surface area contributed by atoms with Gasteiger partial charge in [-0.05, 0) is 37.2 Å². The largest absolute Gasteiger partial charge is 0.329 e. The van der Waals surface area contributed by atoms with E-state index in [-0.39, 0.29) is 11.7 Å². The Hall–Kier alpha value is -3.84. The van der Waals surface area contributed by atoms with Gasteiger partial charge in [0.25, 0.3) is 0 Å². The van der Waals surface area contributed by atoms with E-state index >= 15 is 0 Å². The highest BCUT2D eigenvalue weighted by Gasteiger charge is 2.24. The summed E-state index contributed by atoms with van der Waals surface area (Å²) < 4.78 is 3.57. The molecule has 1 fully saturated rings. The van der Waals surface area contributed by atoms with Crippen LogP contribution >= 0.6 is 0 Å². The molecule has 6 rings (SSSR count). The normalized spacial score (nSPS) is 16.2. The Morgan fingerprint density at radius 1 is 0.938 bits per heavy atom. The summed E-state index contributed by atoms with van der Waals surface area (Å²) in [5, 5.41) is 3.36. The van der Waals surface area contributed by atoms with Crippen molar-refractivity contribution in [1.82, 2.24) is 29.4 Å². The molecule has 1 aromatic carbocycles. The SMILES string of the molecule is Cn1c(=O)n([C@H]2CCNC2)c2c3nc(-c4ccc(-c5ccccc5)nc4)ccc3ncc21. The lowest BCUT2D eigenvalue weighted by Crippen LogP contribution is -2.27. The first-order valence-corrected chi connectivity index (χ1v) is 10.8. The van der Waals surface area contributed by atoms with Gasteiger partial charge in [-0.2, -0.15) is 0 Å². The number of imidazole rings is 1. The minimum Gasteiger partial charge on any atom is -0.315 e. The van der Waals surface area contributed by atoms with E-state index in [1.165, 1.54) is 0 Å². The van der Waals surface area contributed by atoms with Gasteiger partial charge in [-0.3, -0.25) is 19.1 Å². The molecule has 158 valence electrons. The lowest BCUT2D eigenvalue weighted by atomic mass is 10.1. The van der Waals surface area contributed by atoms with E-state index in [4.69, 9.17) is 4.98 Å². The average molecular weight is 422 g/mol. The Balaban J connectivity index is 1.51. The summed E-state index contributed by atoms with van der Waals surface area (Å²) in [5.74, 6) is 0. The zero-order valence-electron chi connectivity index (χ0n) is 17.7. The van der Waals surface area contributed by atoms with Gasteiger partial charge < -0.3 is 5.32 Å². The van der Waals surface area contributed by atoms with Crippen LogP contribution in [0, 0.1) is 0 Å². The molecule has 0 spiro atoms. The molecular formula is C25H22N6O. The predicted octanol–water partition coefficient (Wildman–Crippen LogP) is 3.55. The summed E-state index contributed by atoms with van der Waals surface area (Å²) in [4.78, 5) is 27.3. The summed E-state index contributed by atoms with van der Waals surface area (Å²) in [6.45, 7) is 1.70. The molecule has 1 aliphatic heterocycles. The van der Waals surface area contributed by atoms with E-state index < -0.39 is 0 Å². The van der Waals surface area contributed by atoms with Crippen molar-refractivity contribution in [3.8, 4) is 22.5 Å². The minimum absolute atomic E-state index is 0.0240. The van der Waals surface area contributed by atoms with Gasteiger partial charge in [0.05, 0.1) is 40.2 Å². The number of rotatable bonds is 3. The smallest absolute Gasteiger partial charge is 0.315 e. The zero-order valence-corrected chi connectivity index (χ0v) is 17.7. The van der Waals surface area contributed by atoms with Gasteiger partial charge in [0.2, 0.25) is 0 Å². The van der Waals surface area contributed by atoms with E-state index in [0.717, 1.165) is 64.1 Å². The molecule has 7 heteroatoms. The maximum atomic E-state index is 13.1. The number of aryl methyl sites for hydroxylation is 1. The van der Waals surface area contributed by atoms with E-state index in [9.17, 15) is 4.79 Å². The Labute approximate surface area is 184 Å². The van der Waals surface area contributed by atoms with Crippen molar-refractivity contribution in [2.45, 2.75) is 12.5 Å². The highest BCUT2D eigenvalue weighted by atomic mass is 16.1. The van der Waals surface area contributed by atoms with Crippen LogP contribution in [0.25, 0.3) is 44.6 Å². The molecule has 1 N–H and O–H groups in total. The molecule has 4 aromatic heterocycles. The molecule has 0 aliphatic carbocycles. The van der Waals surface area contributed by atoms with Crippen molar-refractivity contribution in [2.24, 2.45) is 7.05 Å². The van der Waals surface area contributed by atoms with Crippen LogP contribution < -0.4 is 11.0 Å². The van der Waals surface area contributed by atoms with Gasteiger partial charge in [0.15, 0.2) is 0 Å². The van der Waals surface area contributed by atoms with E-state index in [1.54, 1.807) is 17.8 Å². The Morgan fingerprint density at radius 2 is 1.78 bits per heavy atom. The number of nitrogens with zero attached hydrogens (tertiary/aromatic N) is 5. The summed E-state index contributed by atoms with van der Waals surface area (Å²) in [6, 6.07) is 18.2. The molecule has 1 saturated heterocycles. The van der Waals surface area contributed by atoms with Crippen molar-refractivity contribution in [2.75, 3.05) is 13.1 Å². The van der Waals surface area contributed by atoms with Crippen LogP contribution in [0.5, 0.6) is 0 Å². The predicted molar refractivity (Wildman–Crippen MR) is 125 cm³/mol. The van der Waals surface area contributed by atoms with E-state index in [1.807, 2.05) is 65.4 Å². The number of aromatic nitrogens is 5.